The highest BCUT2D eigenvalue weighted by Gasteiger charge is 2.07. The SMILES string of the molecule is CCNCc1cn(Cc2cc(F)ccc2OC)nn1. The van der Waals surface area contributed by atoms with Crippen LogP contribution in [0.2, 0.25) is 0 Å². The first-order chi connectivity index (χ1) is 9.22. The molecule has 0 unspecified atom stereocenters. The molecule has 102 valence electrons. The van der Waals surface area contributed by atoms with Gasteiger partial charge in [-0.15, -0.1) is 5.10 Å². The molecule has 5 nitrogen and oxygen atoms in total. The summed E-state index contributed by atoms with van der Waals surface area (Å²) in [5.41, 5.74) is 1.60. The van der Waals surface area contributed by atoms with Crippen molar-refractivity contribution < 1.29 is 9.13 Å². The van der Waals surface area contributed by atoms with Crippen molar-refractivity contribution in [1.29, 1.82) is 0 Å². The van der Waals surface area contributed by atoms with Crippen molar-refractivity contribution in [2.45, 2.75) is 20.0 Å². The predicted molar refractivity (Wildman–Crippen MR) is 69.5 cm³/mol. The Morgan fingerprint density at radius 3 is 3.00 bits per heavy atom. The first kappa shape index (κ1) is 13.5. The second-order valence-electron chi connectivity index (χ2n) is 4.14. The van der Waals surface area contributed by atoms with Crippen LogP contribution in [0.3, 0.4) is 0 Å². The number of rotatable bonds is 6. The lowest BCUT2D eigenvalue weighted by atomic mass is 10.2. The lowest BCUT2D eigenvalue weighted by Crippen LogP contribution is -2.11. The quantitative estimate of drug-likeness (QED) is 0.860. The third-order valence-corrected chi connectivity index (χ3v) is 2.72. The van der Waals surface area contributed by atoms with Crippen LogP contribution in [0, 0.1) is 5.82 Å². The smallest absolute Gasteiger partial charge is 0.124 e. The zero-order valence-corrected chi connectivity index (χ0v) is 11.1. The maximum absolute atomic E-state index is 13.2. The van der Waals surface area contributed by atoms with Gasteiger partial charge in [0.25, 0.3) is 0 Å². The molecule has 19 heavy (non-hydrogen) atoms. The number of nitrogens with zero attached hydrogens (tertiary/aromatic N) is 3. The number of methoxy groups -OCH3 is 1. The fraction of sp³-hybridized carbons (Fsp3) is 0.385. The molecule has 0 amide bonds. The van der Waals surface area contributed by atoms with Crippen molar-refractivity contribution in [2.24, 2.45) is 0 Å². The van der Waals surface area contributed by atoms with Gasteiger partial charge in [-0.2, -0.15) is 0 Å². The molecule has 0 bridgehead atoms. The summed E-state index contributed by atoms with van der Waals surface area (Å²) in [6.45, 7) is 4.02. The molecule has 1 heterocycles. The van der Waals surface area contributed by atoms with Gasteiger partial charge >= 0.3 is 0 Å². The summed E-state index contributed by atoms with van der Waals surface area (Å²) in [5.74, 6) is 0.355. The second-order valence-corrected chi connectivity index (χ2v) is 4.14. The van der Waals surface area contributed by atoms with Crippen molar-refractivity contribution in [1.82, 2.24) is 20.3 Å². The molecule has 0 fully saturated rings. The summed E-state index contributed by atoms with van der Waals surface area (Å²) >= 11 is 0. The topological polar surface area (TPSA) is 52.0 Å². The van der Waals surface area contributed by atoms with Gasteiger partial charge in [0.15, 0.2) is 0 Å². The van der Waals surface area contributed by atoms with E-state index in [4.69, 9.17) is 4.74 Å². The van der Waals surface area contributed by atoms with E-state index in [9.17, 15) is 4.39 Å². The van der Waals surface area contributed by atoms with Gasteiger partial charge in [-0.05, 0) is 24.7 Å². The van der Waals surface area contributed by atoms with Gasteiger partial charge in [-0.1, -0.05) is 12.1 Å². The van der Waals surface area contributed by atoms with E-state index in [0.717, 1.165) is 17.8 Å². The van der Waals surface area contributed by atoms with E-state index in [1.54, 1.807) is 17.9 Å². The van der Waals surface area contributed by atoms with Crippen LogP contribution in [0.15, 0.2) is 24.4 Å². The second kappa shape index (κ2) is 6.29. The van der Waals surface area contributed by atoms with Crippen LogP contribution in [0.1, 0.15) is 18.2 Å². The standard InChI is InChI=1S/C13H17FN4O/c1-3-15-7-12-9-18(17-16-12)8-10-6-11(14)4-5-13(10)19-2/h4-6,9,15H,3,7-8H2,1-2H3. The Bertz CT molecular complexity index is 541. The fourth-order valence-corrected chi connectivity index (χ4v) is 1.80. The lowest BCUT2D eigenvalue weighted by molar-refractivity contribution is 0.405. The van der Waals surface area contributed by atoms with E-state index in [0.29, 0.717) is 18.8 Å². The van der Waals surface area contributed by atoms with Gasteiger partial charge in [0.2, 0.25) is 0 Å². The molecule has 0 saturated heterocycles. The van der Waals surface area contributed by atoms with Crippen LogP contribution in [-0.2, 0) is 13.1 Å². The van der Waals surface area contributed by atoms with E-state index in [-0.39, 0.29) is 5.82 Å². The van der Waals surface area contributed by atoms with Gasteiger partial charge in [-0.3, -0.25) is 0 Å². The van der Waals surface area contributed by atoms with Gasteiger partial charge in [-0.25, -0.2) is 9.07 Å². The molecule has 0 saturated carbocycles. The van der Waals surface area contributed by atoms with Gasteiger partial charge in [0, 0.05) is 12.1 Å². The third kappa shape index (κ3) is 3.51. The molecule has 2 rings (SSSR count). The van der Waals surface area contributed by atoms with E-state index in [2.05, 4.69) is 15.6 Å². The zero-order valence-electron chi connectivity index (χ0n) is 11.1. The van der Waals surface area contributed by atoms with E-state index < -0.39 is 0 Å². The molecule has 0 aliphatic rings. The molecule has 1 aromatic carbocycles. The first-order valence-electron chi connectivity index (χ1n) is 6.15. The molecule has 0 spiro atoms. The molecule has 1 N–H and O–H groups in total. The molecule has 0 radical (unpaired) electrons. The molecular formula is C13H17FN4O. The van der Waals surface area contributed by atoms with Crippen molar-refractivity contribution in [3.63, 3.8) is 0 Å². The minimum absolute atomic E-state index is 0.288. The highest BCUT2D eigenvalue weighted by Crippen LogP contribution is 2.20. The summed E-state index contributed by atoms with van der Waals surface area (Å²) in [6.07, 6.45) is 1.84. The van der Waals surface area contributed by atoms with Crippen LogP contribution in [0.5, 0.6) is 5.75 Å². The van der Waals surface area contributed by atoms with Crippen LogP contribution < -0.4 is 10.1 Å². The summed E-state index contributed by atoms with van der Waals surface area (Å²) < 4.78 is 20.1. The Labute approximate surface area is 111 Å². The minimum Gasteiger partial charge on any atom is -0.496 e. The third-order valence-electron chi connectivity index (χ3n) is 2.72. The van der Waals surface area contributed by atoms with Crippen LogP contribution in [-0.4, -0.2) is 28.6 Å². The number of hydrogen-bond donors (Lipinski definition) is 1. The highest BCUT2D eigenvalue weighted by atomic mass is 19.1. The number of ether oxygens (including phenoxy) is 1. The van der Waals surface area contributed by atoms with Gasteiger partial charge in [0.1, 0.15) is 11.6 Å². The summed E-state index contributed by atoms with van der Waals surface area (Å²) in [7, 11) is 1.56. The number of aromatic nitrogens is 3. The van der Waals surface area contributed by atoms with E-state index in [1.807, 2.05) is 13.1 Å². The Morgan fingerprint density at radius 1 is 1.42 bits per heavy atom. The average molecular weight is 264 g/mol. The fourth-order valence-electron chi connectivity index (χ4n) is 1.80. The maximum atomic E-state index is 13.2. The van der Waals surface area contributed by atoms with Crippen molar-refractivity contribution in [2.75, 3.05) is 13.7 Å². The minimum atomic E-state index is -0.288. The Balaban J connectivity index is 2.12. The Kier molecular flexibility index (Phi) is 4.46. The van der Waals surface area contributed by atoms with Crippen molar-refractivity contribution in [3.8, 4) is 5.75 Å². The van der Waals surface area contributed by atoms with Crippen molar-refractivity contribution in [3.05, 3.63) is 41.5 Å². The molecular weight excluding hydrogens is 247 g/mol. The van der Waals surface area contributed by atoms with Crippen LogP contribution in [0.4, 0.5) is 4.39 Å². The summed E-state index contributed by atoms with van der Waals surface area (Å²) in [6, 6.07) is 4.44. The monoisotopic (exact) mass is 264 g/mol. The maximum Gasteiger partial charge on any atom is 0.124 e. The largest absolute Gasteiger partial charge is 0.496 e. The first-order valence-corrected chi connectivity index (χ1v) is 6.15. The number of hydrogen-bond acceptors (Lipinski definition) is 4. The van der Waals surface area contributed by atoms with E-state index >= 15 is 0 Å². The highest BCUT2D eigenvalue weighted by molar-refractivity contribution is 5.34. The normalized spacial score (nSPS) is 10.7. The van der Waals surface area contributed by atoms with Crippen LogP contribution >= 0.6 is 0 Å². The molecule has 1 aromatic heterocycles. The number of halogens is 1. The molecule has 6 heteroatoms. The zero-order chi connectivity index (χ0) is 13.7. The summed E-state index contributed by atoms with van der Waals surface area (Å²) in [5, 5.41) is 11.2. The van der Waals surface area contributed by atoms with E-state index in [1.165, 1.54) is 12.1 Å². The van der Waals surface area contributed by atoms with Crippen molar-refractivity contribution >= 4 is 0 Å². The molecule has 0 aliphatic heterocycles. The predicted octanol–water partition coefficient (Wildman–Crippen LogP) is 1.58. The van der Waals surface area contributed by atoms with Gasteiger partial charge in [0.05, 0.1) is 25.5 Å². The Hall–Kier alpha value is -1.95. The molecule has 0 aliphatic carbocycles. The Morgan fingerprint density at radius 2 is 2.26 bits per heavy atom. The average Bonchev–Trinajstić information content (AvgIpc) is 2.84. The lowest BCUT2D eigenvalue weighted by Gasteiger charge is -2.07. The summed E-state index contributed by atoms with van der Waals surface area (Å²) in [4.78, 5) is 0. The molecule has 2 aromatic rings. The van der Waals surface area contributed by atoms with Crippen LogP contribution in [0.25, 0.3) is 0 Å². The van der Waals surface area contributed by atoms with Gasteiger partial charge < -0.3 is 10.1 Å². The molecule has 0 atom stereocenters. The number of benzene rings is 1. The number of nitrogens with one attached hydrogen (secondary N) is 1.